The zero-order valence-corrected chi connectivity index (χ0v) is 13.0. The van der Waals surface area contributed by atoms with Crippen LogP contribution in [-0.2, 0) is 10.0 Å². The van der Waals surface area contributed by atoms with E-state index in [1.165, 1.54) is 0 Å². The fraction of sp³-hybridized carbons (Fsp3) is 0.600. The molecule has 1 fully saturated rings. The second-order valence-corrected chi connectivity index (χ2v) is 7.94. The molecule has 1 aliphatic rings. The van der Waals surface area contributed by atoms with Crippen LogP contribution >= 0.6 is 0 Å². The standard InChI is InChI=1S/C15H23NO2S/c1-11-5-6-14(4)15(8-11)19(17,18)16-9-12(2)7-13(3)10-16/h5-6,8,12-13H,7,9-10H2,1-4H3. The van der Waals surface area contributed by atoms with Crippen molar-refractivity contribution in [2.75, 3.05) is 13.1 Å². The quantitative estimate of drug-likeness (QED) is 0.835. The van der Waals surface area contributed by atoms with Gasteiger partial charge in [0.1, 0.15) is 0 Å². The van der Waals surface area contributed by atoms with E-state index in [0.29, 0.717) is 29.8 Å². The number of sulfonamides is 1. The van der Waals surface area contributed by atoms with Crippen molar-refractivity contribution < 1.29 is 8.42 Å². The fourth-order valence-corrected chi connectivity index (χ4v) is 4.92. The Morgan fingerprint density at radius 2 is 1.68 bits per heavy atom. The van der Waals surface area contributed by atoms with E-state index < -0.39 is 10.0 Å². The monoisotopic (exact) mass is 281 g/mol. The molecule has 0 spiro atoms. The van der Waals surface area contributed by atoms with Crippen LogP contribution in [0.1, 0.15) is 31.4 Å². The average Bonchev–Trinajstić information content (AvgIpc) is 2.31. The zero-order chi connectivity index (χ0) is 14.2. The van der Waals surface area contributed by atoms with Gasteiger partial charge in [0.25, 0.3) is 0 Å². The van der Waals surface area contributed by atoms with Crippen molar-refractivity contribution in [1.82, 2.24) is 4.31 Å². The van der Waals surface area contributed by atoms with Crippen LogP contribution in [0.5, 0.6) is 0 Å². The lowest BCUT2D eigenvalue weighted by Crippen LogP contribution is -2.42. The van der Waals surface area contributed by atoms with Crippen LogP contribution in [0, 0.1) is 25.7 Å². The molecule has 1 aliphatic heterocycles. The van der Waals surface area contributed by atoms with Crippen molar-refractivity contribution >= 4 is 10.0 Å². The summed E-state index contributed by atoms with van der Waals surface area (Å²) < 4.78 is 27.2. The van der Waals surface area contributed by atoms with Crippen LogP contribution in [0.2, 0.25) is 0 Å². The number of rotatable bonds is 2. The van der Waals surface area contributed by atoms with Crippen molar-refractivity contribution in [1.29, 1.82) is 0 Å². The van der Waals surface area contributed by atoms with Crippen LogP contribution in [0.15, 0.2) is 23.1 Å². The zero-order valence-electron chi connectivity index (χ0n) is 12.2. The van der Waals surface area contributed by atoms with Gasteiger partial charge in [0, 0.05) is 13.1 Å². The Hall–Kier alpha value is -0.870. The largest absolute Gasteiger partial charge is 0.243 e. The number of benzene rings is 1. The minimum atomic E-state index is -3.35. The van der Waals surface area contributed by atoms with Gasteiger partial charge in [-0.15, -0.1) is 0 Å². The van der Waals surface area contributed by atoms with Crippen LogP contribution in [0.3, 0.4) is 0 Å². The topological polar surface area (TPSA) is 37.4 Å². The molecule has 1 heterocycles. The smallest absolute Gasteiger partial charge is 0.207 e. The van der Waals surface area contributed by atoms with Gasteiger partial charge in [-0.1, -0.05) is 26.0 Å². The van der Waals surface area contributed by atoms with Gasteiger partial charge in [-0.2, -0.15) is 4.31 Å². The summed E-state index contributed by atoms with van der Waals surface area (Å²) in [6, 6.07) is 5.63. The molecule has 19 heavy (non-hydrogen) atoms. The molecule has 0 amide bonds. The Morgan fingerprint density at radius 1 is 1.11 bits per heavy atom. The van der Waals surface area contributed by atoms with Crippen LogP contribution in [0.25, 0.3) is 0 Å². The minimum absolute atomic E-state index is 0.434. The molecule has 1 aromatic rings. The van der Waals surface area contributed by atoms with Gasteiger partial charge in [0.05, 0.1) is 4.90 Å². The normalized spacial score (nSPS) is 25.5. The molecular weight excluding hydrogens is 258 g/mol. The predicted molar refractivity (Wildman–Crippen MR) is 77.6 cm³/mol. The summed E-state index contributed by atoms with van der Waals surface area (Å²) in [6.07, 6.45) is 1.11. The highest BCUT2D eigenvalue weighted by Crippen LogP contribution is 2.28. The molecule has 2 unspecified atom stereocenters. The van der Waals surface area contributed by atoms with E-state index in [1.807, 2.05) is 26.0 Å². The molecule has 0 radical (unpaired) electrons. The van der Waals surface area contributed by atoms with Crippen molar-refractivity contribution in [3.63, 3.8) is 0 Å². The lowest BCUT2D eigenvalue weighted by atomic mass is 9.94. The Bertz CT molecular complexity index is 556. The molecule has 3 nitrogen and oxygen atoms in total. The molecule has 0 aliphatic carbocycles. The maximum absolute atomic E-state index is 12.8. The predicted octanol–water partition coefficient (Wildman–Crippen LogP) is 2.97. The van der Waals surface area contributed by atoms with Gasteiger partial charge >= 0.3 is 0 Å². The molecule has 4 heteroatoms. The summed E-state index contributed by atoms with van der Waals surface area (Å²) in [5.74, 6) is 0.868. The Labute approximate surface area is 116 Å². The summed E-state index contributed by atoms with van der Waals surface area (Å²) in [5, 5.41) is 0. The second kappa shape index (κ2) is 5.25. The van der Waals surface area contributed by atoms with E-state index in [-0.39, 0.29) is 0 Å². The fourth-order valence-electron chi connectivity index (χ4n) is 2.93. The first kappa shape index (κ1) is 14.5. The van der Waals surface area contributed by atoms with Gasteiger partial charge < -0.3 is 0 Å². The van der Waals surface area contributed by atoms with Crippen LogP contribution in [-0.4, -0.2) is 25.8 Å². The molecule has 1 saturated heterocycles. The maximum Gasteiger partial charge on any atom is 0.243 e. The first-order valence-corrected chi connectivity index (χ1v) is 8.32. The van der Waals surface area contributed by atoms with Crippen molar-refractivity contribution in [2.45, 2.75) is 39.0 Å². The second-order valence-electron chi connectivity index (χ2n) is 6.04. The summed E-state index contributed by atoms with van der Waals surface area (Å²) in [7, 11) is -3.35. The third-order valence-corrected chi connectivity index (χ3v) is 5.77. The molecule has 2 rings (SSSR count). The van der Waals surface area contributed by atoms with E-state index in [1.54, 1.807) is 10.4 Å². The lowest BCUT2D eigenvalue weighted by molar-refractivity contribution is 0.222. The Morgan fingerprint density at radius 3 is 2.26 bits per heavy atom. The molecule has 0 saturated carbocycles. The number of hydrogen-bond donors (Lipinski definition) is 0. The van der Waals surface area contributed by atoms with Crippen molar-refractivity contribution in [3.05, 3.63) is 29.3 Å². The van der Waals surface area contributed by atoms with Crippen LogP contribution < -0.4 is 0 Å². The van der Waals surface area contributed by atoms with E-state index in [4.69, 9.17) is 0 Å². The van der Waals surface area contributed by atoms with Gasteiger partial charge in [-0.25, -0.2) is 8.42 Å². The molecule has 0 bridgehead atoms. The highest BCUT2D eigenvalue weighted by Gasteiger charge is 2.32. The Balaban J connectivity index is 2.39. The molecule has 106 valence electrons. The number of hydrogen-bond acceptors (Lipinski definition) is 2. The van der Waals surface area contributed by atoms with Gasteiger partial charge in [0.2, 0.25) is 10.0 Å². The van der Waals surface area contributed by atoms with Gasteiger partial charge in [-0.3, -0.25) is 0 Å². The molecule has 1 aromatic carbocycles. The highest BCUT2D eigenvalue weighted by molar-refractivity contribution is 7.89. The maximum atomic E-state index is 12.8. The first-order chi connectivity index (χ1) is 8.80. The van der Waals surface area contributed by atoms with Crippen molar-refractivity contribution in [3.8, 4) is 0 Å². The average molecular weight is 281 g/mol. The van der Waals surface area contributed by atoms with Crippen molar-refractivity contribution in [2.24, 2.45) is 11.8 Å². The van der Waals surface area contributed by atoms with Crippen LogP contribution in [0.4, 0.5) is 0 Å². The molecular formula is C15H23NO2S. The van der Waals surface area contributed by atoms with E-state index in [9.17, 15) is 8.42 Å². The number of piperidine rings is 1. The summed E-state index contributed by atoms with van der Waals surface area (Å²) in [4.78, 5) is 0.466. The molecule has 2 atom stereocenters. The highest BCUT2D eigenvalue weighted by atomic mass is 32.2. The summed E-state index contributed by atoms with van der Waals surface area (Å²) in [6.45, 7) is 9.33. The molecule has 0 aromatic heterocycles. The number of aryl methyl sites for hydroxylation is 2. The first-order valence-electron chi connectivity index (χ1n) is 6.88. The van der Waals surface area contributed by atoms with Gasteiger partial charge in [0.15, 0.2) is 0 Å². The minimum Gasteiger partial charge on any atom is -0.207 e. The van der Waals surface area contributed by atoms with Gasteiger partial charge in [-0.05, 0) is 49.3 Å². The third kappa shape index (κ3) is 3.00. The van der Waals surface area contributed by atoms with E-state index in [2.05, 4.69) is 13.8 Å². The summed E-state index contributed by atoms with van der Waals surface area (Å²) >= 11 is 0. The lowest BCUT2D eigenvalue weighted by Gasteiger charge is -2.34. The third-order valence-electron chi connectivity index (χ3n) is 3.80. The van der Waals surface area contributed by atoms with E-state index in [0.717, 1.165) is 17.5 Å². The summed E-state index contributed by atoms with van der Waals surface area (Å²) in [5.41, 5.74) is 1.82. The number of nitrogens with zero attached hydrogens (tertiary/aromatic N) is 1. The Kier molecular flexibility index (Phi) is 4.02. The molecule has 0 N–H and O–H groups in total. The SMILES string of the molecule is Cc1ccc(C)c(S(=O)(=O)N2CC(C)CC(C)C2)c1. The van der Waals surface area contributed by atoms with E-state index >= 15 is 0 Å².